The van der Waals surface area contributed by atoms with Crippen LogP contribution in [0, 0.1) is 11.6 Å². The smallest absolute Gasteiger partial charge is 0.226 e. The molecule has 2 aromatic rings. The maximum absolute atomic E-state index is 13.1. The number of carbonyl (C=O) groups excluding carboxylic acids is 2. The van der Waals surface area contributed by atoms with Crippen molar-refractivity contribution >= 4 is 17.5 Å². The minimum Gasteiger partial charge on any atom is -0.337 e. The van der Waals surface area contributed by atoms with Gasteiger partial charge >= 0.3 is 0 Å². The van der Waals surface area contributed by atoms with Crippen molar-refractivity contribution in [1.82, 2.24) is 9.88 Å². The molecule has 5 nitrogen and oxygen atoms in total. The van der Waals surface area contributed by atoms with Gasteiger partial charge in [0.25, 0.3) is 0 Å². The van der Waals surface area contributed by atoms with Crippen LogP contribution < -0.4 is 5.32 Å². The highest BCUT2D eigenvalue weighted by Crippen LogP contribution is 2.13. The minimum atomic E-state index is -1.03. The number of aromatic nitrogens is 1. The summed E-state index contributed by atoms with van der Waals surface area (Å²) in [7, 11) is 0. The van der Waals surface area contributed by atoms with Crippen LogP contribution in [-0.4, -0.2) is 28.2 Å². The first-order chi connectivity index (χ1) is 11.5. The summed E-state index contributed by atoms with van der Waals surface area (Å²) in [6.45, 7) is 1.91. The quantitative estimate of drug-likeness (QED) is 0.884. The third-order valence-electron chi connectivity index (χ3n) is 3.34. The Bertz CT molecular complexity index is 723. The number of halogens is 2. The van der Waals surface area contributed by atoms with E-state index in [1.807, 2.05) is 6.07 Å². The third-order valence-corrected chi connectivity index (χ3v) is 3.34. The predicted octanol–water partition coefficient (Wildman–Crippen LogP) is 2.74. The lowest BCUT2D eigenvalue weighted by Crippen LogP contribution is -2.31. The van der Waals surface area contributed by atoms with Crippen LogP contribution in [-0.2, 0) is 16.1 Å². The van der Waals surface area contributed by atoms with Gasteiger partial charge in [-0.1, -0.05) is 6.07 Å². The van der Waals surface area contributed by atoms with Gasteiger partial charge in [0.2, 0.25) is 11.8 Å². The van der Waals surface area contributed by atoms with Crippen LogP contribution in [0.4, 0.5) is 14.5 Å². The minimum absolute atomic E-state index is 0.0331. The summed E-state index contributed by atoms with van der Waals surface area (Å²) in [5.41, 5.74) is 0.881. The number of hydrogen-bond acceptors (Lipinski definition) is 3. The summed E-state index contributed by atoms with van der Waals surface area (Å²) in [6, 6.07) is 8.50. The first kappa shape index (κ1) is 17.5. The molecular formula is C17H17F2N3O2. The second-order valence-electron chi connectivity index (χ2n) is 5.19. The molecule has 0 aliphatic heterocycles. The Hall–Kier alpha value is -2.83. The number of nitrogens with one attached hydrogen (secondary N) is 1. The molecule has 2 amide bonds. The number of benzene rings is 1. The lowest BCUT2D eigenvalue weighted by Gasteiger charge is -2.20. The van der Waals surface area contributed by atoms with Crippen LogP contribution in [0.3, 0.4) is 0 Å². The second kappa shape index (κ2) is 8.14. The molecule has 0 saturated carbocycles. The standard InChI is InChI=1S/C17H17F2N3O2/c1-12(23)22(11-14-4-2-3-8-20-14)9-7-17(24)21-13-5-6-15(18)16(19)10-13/h2-6,8,10H,7,9,11H2,1H3,(H,21,24). The van der Waals surface area contributed by atoms with Gasteiger partial charge in [-0.05, 0) is 24.3 Å². The first-order valence-corrected chi connectivity index (χ1v) is 7.36. The zero-order valence-electron chi connectivity index (χ0n) is 13.1. The highest BCUT2D eigenvalue weighted by Gasteiger charge is 2.13. The molecule has 2 rings (SSSR count). The van der Waals surface area contributed by atoms with E-state index in [0.717, 1.165) is 12.1 Å². The number of anilines is 1. The van der Waals surface area contributed by atoms with Crippen molar-refractivity contribution in [3.63, 3.8) is 0 Å². The van der Waals surface area contributed by atoms with Crippen LogP contribution in [0.1, 0.15) is 19.0 Å². The van der Waals surface area contributed by atoms with Crippen LogP contribution in [0.5, 0.6) is 0 Å². The van der Waals surface area contributed by atoms with Crippen molar-refractivity contribution in [1.29, 1.82) is 0 Å². The third kappa shape index (κ3) is 5.12. The molecule has 0 aliphatic carbocycles. The van der Waals surface area contributed by atoms with E-state index in [1.165, 1.54) is 17.9 Å². The Morgan fingerprint density at radius 1 is 1.17 bits per heavy atom. The Morgan fingerprint density at radius 3 is 2.58 bits per heavy atom. The summed E-state index contributed by atoms with van der Waals surface area (Å²) in [5, 5.41) is 2.47. The molecule has 1 aromatic heterocycles. The number of pyridine rings is 1. The highest BCUT2D eigenvalue weighted by atomic mass is 19.2. The largest absolute Gasteiger partial charge is 0.337 e. The Morgan fingerprint density at radius 2 is 1.96 bits per heavy atom. The van der Waals surface area contributed by atoms with E-state index in [2.05, 4.69) is 10.3 Å². The normalized spacial score (nSPS) is 10.3. The van der Waals surface area contributed by atoms with Gasteiger partial charge < -0.3 is 10.2 Å². The highest BCUT2D eigenvalue weighted by molar-refractivity contribution is 5.91. The molecule has 24 heavy (non-hydrogen) atoms. The van der Waals surface area contributed by atoms with Gasteiger partial charge in [-0.2, -0.15) is 0 Å². The number of amides is 2. The lowest BCUT2D eigenvalue weighted by atomic mass is 10.2. The lowest BCUT2D eigenvalue weighted by molar-refractivity contribution is -0.130. The SMILES string of the molecule is CC(=O)N(CCC(=O)Nc1ccc(F)c(F)c1)Cc1ccccn1. The van der Waals surface area contributed by atoms with Gasteiger partial charge in [0.1, 0.15) is 0 Å². The average molecular weight is 333 g/mol. The number of carbonyl (C=O) groups is 2. The molecule has 0 aliphatic rings. The molecule has 0 bridgehead atoms. The van der Waals surface area contributed by atoms with E-state index in [4.69, 9.17) is 0 Å². The summed E-state index contributed by atoms with van der Waals surface area (Å²) in [6.07, 6.45) is 1.66. The maximum atomic E-state index is 13.1. The van der Waals surface area contributed by atoms with Gasteiger partial charge in [0, 0.05) is 37.8 Å². The van der Waals surface area contributed by atoms with Crippen molar-refractivity contribution in [2.45, 2.75) is 19.9 Å². The topological polar surface area (TPSA) is 62.3 Å². The fourth-order valence-electron chi connectivity index (χ4n) is 2.07. The van der Waals surface area contributed by atoms with Crippen LogP contribution in [0.2, 0.25) is 0 Å². The van der Waals surface area contributed by atoms with E-state index in [0.29, 0.717) is 12.2 Å². The monoisotopic (exact) mass is 333 g/mol. The van der Waals surface area contributed by atoms with Crippen molar-refractivity contribution < 1.29 is 18.4 Å². The van der Waals surface area contributed by atoms with Gasteiger partial charge in [0.15, 0.2) is 11.6 Å². The molecule has 0 unspecified atom stereocenters. The summed E-state index contributed by atoms with van der Waals surface area (Å²) in [4.78, 5) is 29.2. The molecule has 0 radical (unpaired) electrons. The molecular weight excluding hydrogens is 316 g/mol. The number of hydrogen-bond donors (Lipinski definition) is 1. The van der Waals surface area contributed by atoms with Crippen LogP contribution in [0.25, 0.3) is 0 Å². The van der Waals surface area contributed by atoms with E-state index in [9.17, 15) is 18.4 Å². The molecule has 1 aromatic carbocycles. The molecule has 1 N–H and O–H groups in total. The number of rotatable bonds is 6. The molecule has 0 fully saturated rings. The predicted molar refractivity (Wildman–Crippen MR) is 84.9 cm³/mol. The van der Waals surface area contributed by atoms with Gasteiger partial charge in [0.05, 0.1) is 12.2 Å². The molecule has 0 spiro atoms. The second-order valence-corrected chi connectivity index (χ2v) is 5.19. The van der Waals surface area contributed by atoms with Crippen molar-refractivity contribution in [3.05, 3.63) is 59.9 Å². The fraction of sp³-hybridized carbons (Fsp3) is 0.235. The van der Waals surface area contributed by atoms with Crippen molar-refractivity contribution in [2.24, 2.45) is 0 Å². The summed E-state index contributed by atoms with van der Waals surface area (Å²) < 4.78 is 26.0. The molecule has 0 atom stereocenters. The molecule has 7 heteroatoms. The summed E-state index contributed by atoms with van der Waals surface area (Å²) in [5.74, 6) is -2.59. The Labute approximate surface area is 138 Å². The van der Waals surface area contributed by atoms with Gasteiger partial charge in [-0.15, -0.1) is 0 Å². The van der Waals surface area contributed by atoms with E-state index >= 15 is 0 Å². The Kier molecular flexibility index (Phi) is 5.95. The van der Waals surface area contributed by atoms with Crippen molar-refractivity contribution in [3.8, 4) is 0 Å². The zero-order valence-corrected chi connectivity index (χ0v) is 13.1. The van der Waals surface area contributed by atoms with Crippen molar-refractivity contribution in [2.75, 3.05) is 11.9 Å². The van der Waals surface area contributed by atoms with E-state index in [1.54, 1.807) is 18.3 Å². The Balaban J connectivity index is 1.90. The van der Waals surface area contributed by atoms with Crippen LogP contribution >= 0.6 is 0 Å². The van der Waals surface area contributed by atoms with E-state index < -0.39 is 17.5 Å². The molecule has 1 heterocycles. The van der Waals surface area contributed by atoms with Crippen LogP contribution in [0.15, 0.2) is 42.6 Å². The van der Waals surface area contributed by atoms with E-state index in [-0.39, 0.29) is 24.6 Å². The van der Waals surface area contributed by atoms with Gasteiger partial charge in [-0.3, -0.25) is 14.6 Å². The fourth-order valence-corrected chi connectivity index (χ4v) is 2.07. The average Bonchev–Trinajstić information content (AvgIpc) is 2.55. The summed E-state index contributed by atoms with van der Waals surface area (Å²) >= 11 is 0. The zero-order chi connectivity index (χ0) is 17.5. The maximum Gasteiger partial charge on any atom is 0.226 e. The first-order valence-electron chi connectivity index (χ1n) is 7.36. The van der Waals surface area contributed by atoms with Gasteiger partial charge in [-0.25, -0.2) is 8.78 Å². The molecule has 0 saturated heterocycles. The number of nitrogens with zero attached hydrogens (tertiary/aromatic N) is 2. The molecule has 126 valence electrons.